The highest BCUT2D eigenvalue weighted by Crippen LogP contribution is 2.44. The first-order valence-corrected chi connectivity index (χ1v) is 9.27. The molecule has 0 aromatic heterocycles. The number of nitrogens with one attached hydrogen (secondary N) is 1. The van der Waals surface area contributed by atoms with Gasteiger partial charge in [-0.05, 0) is 44.9 Å². The average molecular weight is 403 g/mol. The van der Waals surface area contributed by atoms with E-state index in [1.807, 2.05) is 0 Å². The van der Waals surface area contributed by atoms with Crippen LogP contribution in [0.15, 0.2) is 27.9 Å². The largest absolute Gasteiger partial charge is 0.611 e. The van der Waals surface area contributed by atoms with E-state index >= 15 is 0 Å². The Kier molecular flexibility index (Phi) is 6.16. The van der Waals surface area contributed by atoms with Crippen LogP contribution in [0, 0.1) is 17.5 Å². The normalized spacial score (nSPS) is 18.7. The molecule has 9 heteroatoms. The van der Waals surface area contributed by atoms with Gasteiger partial charge in [0.1, 0.15) is 5.25 Å². The molecule has 0 fully saturated rings. The maximum absolute atomic E-state index is 14.9. The summed E-state index contributed by atoms with van der Waals surface area (Å²) in [5, 5.41) is 12.1. The minimum atomic E-state index is -1.70. The van der Waals surface area contributed by atoms with Gasteiger partial charge in [0.05, 0.1) is 24.3 Å². The van der Waals surface area contributed by atoms with Crippen molar-refractivity contribution in [2.45, 2.75) is 38.9 Å². The van der Waals surface area contributed by atoms with Gasteiger partial charge in [0, 0.05) is 11.3 Å². The fourth-order valence-electron chi connectivity index (χ4n) is 3.06. The minimum Gasteiger partial charge on any atom is -0.611 e. The molecule has 0 spiro atoms. The first-order valence-electron chi connectivity index (χ1n) is 8.06. The third-order valence-electron chi connectivity index (χ3n) is 4.23. The number of rotatable bonds is 5. The van der Waals surface area contributed by atoms with E-state index in [0.717, 1.165) is 7.11 Å². The highest BCUT2D eigenvalue weighted by atomic mass is 32.2. The van der Waals surface area contributed by atoms with E-state index in [4.69, 9.17) is 0 Å². The van der Waals surface area contributed by atoms with E-state index < -0.39 is 57.1 Å². The van der Waals surface area contributed by atoms with E-state index in [0.29, 0.717) is 11.8 Å². The molecule has 1 aromatic rings. The number of carboxylic acid groups (broad SMARTS) is 1. The maximum Gasteiger partial charge on any atom is 0.334 e. The summed E-state index contributed by atoms with van der Waals surface area (Å²) < 4.78 is 60.3. The Morgan fingerprint density at radius 1 is 1.26 bits per heavy atom. The van der Waals surface area contributed by atoms with Crippen LogP contribution in [0.3, 0.4) is 0 Å². The Morgan fingerprint density at radius 2 is 1.85 bits per heavy atom. The molecule has 1 aromatic carbocycles. The van der Waals surface area contributed by atoms with Crippen LogP contribution >= 0.6 is 0 Å². The Morgan fingerprint density at radius 3 is 2.33 bits per heavy atom. The zero-order valence-electron chi connectivity index (χ0n) is 15.4. The van der Waals surface area contributed by atoms with Crippen LogP contribution in [0.25, 0.3) is 0 Å². The number of hydrogen-bond donors (Lipinski definition) is 2. The smallest absolute Gasteiger partial charge is 0.334 e. The van der Waals surface area contributed by atoms with Gasteiger partial charge in [0.25, 0.3) is 0 Å². The summed E-state index contributed by atoms with van der Waals surface area (Å²) in [6.45, 7) is 6.34. The van der Waals surface area contributed by atoms with Crippen LogP contribution in [0.5, 0.6) is 5.75 Å². The van der Waals surface area contributed by atoms with Crippen molar-refractivity contribution in [3.63, 3.8) is 0 Å². The van der Waals surface area contributed by atoms with Crippen LogP contribution in [0.2, 0.25) is 0 Å². The fraction of sp³-hybridized carbons (Fsp3) is 0.389. The Bertz CT molecular complexity index is 851. The highest BCUT2D eigenvalue weighted by Gasteiger charge is 2.43. The SMILES string of the molecule is COc1c(F)c(F)cc(C2C(C(=O)O)=C(C)NC(C)=C2[S+]([O-])C(C)C)c1F. The standard InChI is InChI=1S/C18H20F3NO4S/c1-7(2)27(25)17-9(4)22-8(3)12(18(23)24)13(17)10-6-11(19)15(21)16(26-5)14(10)20/h6-7,13,22H,1-5H3,(H,23,24). The van der Waals surface area contributed by atoms with Gasteiger partial charge in [-0.25, -0.2) is 13.6 Å². The van der Waals surface area contributed by atoms with E-state index in [9.17, 15) is 27.6 Å². The summed E-state index contributed by atoms with van der Waals surface area (Å²) in [4.78, 5) is 12.0. The Balaban J connectivity index is 2.87. The van der Waals surface area contributed by atoms with Crippen molar-refractivity contribution in [3.05, 3.63) is 51.0 Å². The molecule has 0 saturated carbocycles. The number of ether oxygens (including phenoxy) is 1. The summed E-state index contributed by atoms with van der Waals surface area (Å²) in [7, 11) is 0.973. The first-order chi connectivity index (χ1) is 12.5. The molecule has 1 aliphatic rings. The second kappa shape index (κ2) is 7.85. The molecule has 27 heavy (non-hydrogen) atoms. The van der Waals surface area contributed by atoms with E-state index in [1.54, 1.807) is 20.8 Å². The second-order valence-electron chi connectivity index (χ2n) is 6.35. The van der Waals surface area contributed by atoms with E-state index in [1.165, 1.54) is 6.92 Å². The molecular weight excluding hydrogens is 383 g/mol. The monoisotopic (exact) mass is 403 g/mol. The van der Waals surface area contributed by atoms with E-state index in [2.05, 4.69) is 10.1 Å². The molecule has 5 nitrogen and oxygen atoms in total. The van der Waals surface area contributed by atoms with Crippen LogP contribution in [-0.2, 0) is 16.0 Å². The Hall–Kier alpha value is -2.13. The van der Waals surface area contributed by atoms with Crippen molar-refractivity contribution in [3.8, 4) is 5.75 Å². The summed E-state index contributed by atoms with van der Waals surface area (Å²) in [6, 6.07) is 0.588. The number of carboxylic acids is 1. The number of carbonyl (C=O) groups is 1. The van der Waals surface area contributed by atoms with Crippen LogP contribution in [0.1, 0.15) is 39.2 Å². The summed E-state index contributed by atoms with van der Waals surface area (Å²) in [5.74, 6) is -7.86. The average Bonchev–Trinajstić information content (AvgIpc) is 2.57. The van der Waals surface area contributed by atoms with Crippen LogP contribution in [0.4, 0.5) is 13.2 Å². The quantitative estimate of drug-likeness (QED) is 0.581. The van der Waals surface area contributed by atoms with Crippen molar-refractivity contribution in [1.29, 1.82) is 0 Å². The number of allylic oxidation sites excluding steroid dienone is 3. The molecule has 0 bridgehead atoms. The van der Waals surface area contributed by atoms with Crippen LogP contribution < -0.4 is 10.1 Å². The number of methoxy groups -OCH3 is 1. The molecule has 1 aliphatic heterocycles. The Labute approximate surface area is 158 Å². The number of halogens is 3. The molecule has 148 valence electrons. The van der Waals surface area contributed by atoms with Gasteiger partial charge in [-0.15, -0.1) is 0 Å². The van der Waals surface area contributed by atoms with Gasteiger partial charge in [-0.3, -0.25) is 0 Å². The predicted molar refractivity (Wildman–Crippen MR) is 95.1 cm³/mol. The van der Waals surface area contributed by atoms with Crippen molar-refractivity contribution in [2.24, 2.45) is 0 Å². The van der Waals surface area contributed by atoms with Gasteiger partial charge in [-0.2, -0.15) is 4.39 Å². The minimum absolute atomic E-state index is 0.0972. The molecule has 0 amide bonds. The molecule has 2 rings (SSSR count). The van der Waals surface area contributed by atoms with Crippen LogP contribution in [-0.4, -0.2) is 28.0 Å². The number of benzene rings is 1. The van der Waals surface area contributed by atoms with Crippen molar-refractivity contribution in [2.75, 3.05) is 7.11 Å². The van der Waals surface area contributed by atoms with Crippen molar-refractivity contribution in [1.82, 2.24) is 5.32 Å². The predicted octanol–water partition coefficient (Wildman–Crippen LogP) is 3.55. The lowest BCUT2D eigenvalue weighted by molar-refractivity contribution is -0.133. The lowest BCUT2D eigenvalue weighted by atomic mass is 9.86. The molecule has 1 heterocycles. The van der Waals surface area contributed by atoms with Gasteiger partial charge in [0.2, 0.25) is 5.82 Å². The summed E-state index contributed by atoms with van der Waals surface area (Å²) in [6.07, 6.45) is 0. The lowest BCUT2D eigenvalue weighted by Crippen LogP contribution is -2.34. The number of aliphatic carboxylic acids is 1. The van der Waals surface area contributed by atoms with Crippen molar-refractivity contribution < 1.29 is 32.4 Å². The molecule has 2 N–H and O–H groups in total. The van der Waals surface area contributed by atoms with Gasteiger partial charge >= 0.3 is 5.97 Å². The van der Waals surface area contributed by atoms with E-state index in [-0.39, 0.29) is 16.2 Å². The zero-order chi connectivity index (χ0) is 20.6. The third kappa shape index (κ3) is 3.66. The molecule has 0 radical (unpaired) electrons. The summed E-state index contributed by atoms with van der Waals surface area (Å²) in [5.41, 5.74) is -0.181. The van der Waals surface area contributed by atoms with Gasteiger partial charge in [-0.1, -0.05) is 0 Å². The summed E-state index contributed by atoms with van der Waals surface area (Å²) >= 11 is -1.70. The third-order valence-corrected chi connectivity index (χ3v) is 6.07. The van der Waals surface area contributed by atoms with Crippen molar-refractivity contribution >= 4 is 17.1 Å². The topological polar surface area (TPSA) is 81.6 Å². The molecule has 2 unspecified atom stereocenters. The number of dihydropyridines is 1. The molecule has 0 aliphatic carbocycles. The fourth-order valence-corrected chi connectivity index (χ4v) is 4.40. The number of hydrogen-bond acceptors (Lipinski definition) is 4. The highest BCUT2D eigenvalue weighted by molar-refractivity contribution is 7.95. The zero-order valence-corrected chi connectivity index (χ0v) is 16.3. The second-order valence-corrected chi connectivity index (χ2v) is 8.32. The maximum atomic E-state index is 14.9. The molecule has 0 saturated heterocycles. The molecule has 2 atom stereocenters. The first kappa shape index (κ1) is 21.2. The van der Waals surface area contributed by atoms with Gasteiger partial charge < -0.3 is 19.7 Å². The molecular formula is C18H20F3NO4S. The van der Waals surface area contributed by atoms with Gasteiger partial charge in [0.15, 0.2) is 22.3 Å². The lowest BCUT2D eigenvalue weighted by Gasteiger charge is -2.32.